The summed E-state index contributed by atoms with van der Waals surface area (Å²) in [5, 5.41) is 10.7. The maximum Gasteiger partial charge on any atom is 1.00 e. The topological polar surface area (TPSA) is 135 Å². The molecule has 2 aromatic rings. The van der Waals surface area contributed by atoms with Crippen molar-refractivity contribution in [3.8, 4) is 5.75 Å². The van der Waals surface area contributed by atoms with Crippen LogP contribution < -0.4 is 64.2 Å². The van der Waals surface area contributed by atoms with Crippen molar-refractivity contribution in [2.45, 2.75) is 9.79 Å². The second kappa shape index (κ2) is 7.26. The number of benzene rings is 2. The van der Waals surface area contributed by atoms with Crippen molar-refractivity contribution in [3.63, 3.8) is 0 Å². The van der Waals surface area contributed by atoms with Crippen LogP contribution in [0.1, 0.15) is 0 Å². The predicted molar refractivity (Wildman–Crippen MR) is 61.2 cm³/mol. The van der Waals surface area contributed by atoms with Crippen molar-refractivity contribution in [2.75, 3.05) is 0 Å². The summed E-state index contributed by atoms with van der Waals surface area (Å²) >= 11 is 0. The molecule has 102 valence electrons. The van der Waals surface area contributed by atoms with Crippen LogP contribution in [-0.4, -0.2) is 25.9 Å². The monoisotopic (exact) mass is 348 g/mol. The molecule has 11 heteroatoms. The molecular weight excluding hydrogens is 342 g/mol. The van der Waals surface area contributed by atoms with Gasteiger partial charge in [0.1, 0.15) is 15.0 Å². The Morgan fingerprint density at radius 2 is 1.38 bits per heavy atom. The van der Waals surface area contributed by atoms with Crippen molar-refractivity contribution in [1.29, 1.82) is 0 Å². The van der Waals surface area contributed by atoms with Gasteiger partial charge < -0.3 is 9.66 Å². The molecule has 0 fully saturated rings. The van der Waals surface area contributed by atoms with Crippen LogP contribution in [0.3, 0.4) is 0 Å². The second-order valence-electron chi connectivity index (χ2n) is 3.70. The van der Waals surface area contributed by atoms with Crippen molar-refractivity contribution in [2.24, 2.45) is 0 Å². The molecule has 0 unspecified atom stereocenters. The maximum atomic E-state index is 11.2. The molecule has 0 saturated carbocycles. The van der Waals surface area contributed by atoms with Gasteiger partial charge in [0.15, 0.2) is 0 Å². The quantitative estimate of drug-likeness (QED) is 0.422. The van der Waals surface area contributed by atoms with Gasteiger partial charge in [-0.3, -0.25) is 4.55 Å². The van der Waals surface area contributed by atoms with Gasteiger partial charge in [0.2, 0.25) is 0 Å². The Bertz CT molecular complexity index is 876. The third-order valence-electron chi connectivity index (χ3n) is 2.46. The molecule has 21 heavy (non-hydrogen) atoms. The Kier molecular flexibility index (Phi) is 7.37. The summed E-state index contributed by atoms with van der Waals surface area (Å²) < 4.78 is 64.4. The molecule has 2 aromatic carbocycles. The standard InChI is InChI=1S/C10H8O7S2.2Na/c11-6-1-2-7-8(5-6)10(19(15,16)17)4-3-9(7)18(12,13)14;;/h1-5,11H,(H,12,13,14)(H,15,16,17);;/q;2*+1/p-2. The summed E-state index contributed by atoms with van der Waals surface area (Å²) in [6, 6.07) is 4.40. The Morgan fingerprint density at radius 3 is 1.86 bits per heavy atom. The van der Waals surface area contributed by atoms with Gasteiger partial charge in [-0.15, -0.1) is 5.75 Å². The van der Waals surface area contributed by atoms with Crippen molar-refractivity contribution < 1.29 is 90.2 Å². The molecule has 0 atom stereocenters. The zero-order valence-electron chi connectivity index (χ0n) is 11.1. The van der Waals surface area contributed by atoms with Gasteiger partial charge in [0, 0.05) is 10.8 Å². The van der Waals surface area contributed by atoms with Crippen LogP contribution in [-0.2, 0) is 20.2 Å². The van der Waals surface area contributed by atoms with Crippen LogP contribution >= 0.6 is 0 Å². The Balaban J connectivity index is 0.00000200. The van der Waals surface area contributed by atoms with E-state index < -0.39 is 35.8 Å². The first kappa shape index (κ1) is 21.3. The van der Waals surface area contributed by atoms with E-state index in [1.165, 1.54) is 0 Å². The first-order valence-corrected chi connectivity index (χ1v) is 7.63. The van der Waals surface area contributed by atoms with Gasteiger partial charge in [-0.05, 0) is 12.1 Å². The first-order chi connectivity index (χ1) is 8.60. The van der Waals surface area contributed by atoms with E-state index in [2.05, 4.69) is 0 Å². The maximum absolute atomic E-state index is 11.2. The van der Waals surface area contributed by atoms with Crippen LogP contribution in [0, 0.1) is 0 Å². The summed E-state index contributed by atoms with van der Waals surface area (Å²) in [5.74, 6) is -0.585. The van der Waals surface area contributed by atoms with E-state index in [1.807, 2.05) is 0 Å². The fourth-order valence-electron chi connectivity index (χ4n) is 1.72. The number of hydrogen-bond donors (Lipinski definition) is 1. The molecule has 0 saturated heterocycles. The molecule has 0 amide bonds. The molecule has 0 aromatic heterocycles. The molecule has 0 aliphatic heterocycles. The third kappa shape index (κ3) is 4.64. The van der Waals surface area contributed by atoms with Gasteiger partial charge >= 0.3 is 59.1 Å². The Morgan fingerprint density at radius 1 is 0.857 bits per heavy atom. The van der Waals surface area contributed by atoms with E-state index in [0.29, 0.717) is 0 Å². The largest absolute Gasteiger partial charge is 1.00 e. The van der Waals surface area contributed by atoms with Gasteiger partial charge in [0.25, 0.3) is 10.1 Å². The minimum absolute atomic E-state index is 0. The fourth-order valence-corrected chi connectivity index (χ4v) is 3.08. The van der Waals surface area contributed by atoms with Crippen LogP contribution in [0.5, 0.6) is 5.75 Å². The van der Waals surface area contributed by atoms with Gasteiger partial charge in [-0.1, -0.05) is 18.2 Å². The molecule has 2 rings (SSSR count). The molecule has 7 nitrogen and oxygen atoms in total. The van der Waals surface area contributed by atoms with E-state index in [0.717, 1.165) is 30.3 Å². The Labute approximate surface area is 165 Å². The molecule has 0 heterocycles. The van der Waals surface area contributed by atoms with Crippen LogP contribution in [0.15, 0.2) is 40.1 Å². The molecule has 0 bridgehead atoms. The molecule has 0 spiro atoms. The molecular formula is C10H6Na2O7S2. The van der Waals surface area contributed by atoms with E-state index in [-0.39, 0.29) is 69.9 Å². The van der Waals surface area contributed by atoms with Crippen molar-refractivity contribution >= 4 is 31.0 Å². The van der Waals surface area contributed by atoms with Crippen LogP contribution in [0.4, 0.5) is 0 Å². The zero-order chi connectivity index (χ0) is 14.4. The minimum atomic E-state index is -4.83. The van der Waals surface area contributed by atoms with E-state index >= 15 is 0 Å². The predicted octanol–water partition coefficient (Wildman–Crippen LogP) is -5.93. The Hall–Kier alpha value is 0.320. The van der Waals surface area contributed by atoms with Crippen molar-refractivity contribution in [1.82, 2.24) is 0 Å². The summed E-state index contributed by atoms with van der Waals surface area (Å²) in [7, 11) is -9.48. The van der Waals surface area contributed by atoms with E-state index in [1.54, 1.807) is 0 Å². The summed E-state index contributed by atoms with van der Waals surface area (Å²) in [6.45, 7) is 0. The van der Waals surface area contributed by atoms with Crippen LogP contribution in [0.25, 0.3) is 10.8 Å². The number of fused-ring (bicyclic) bond motifs is 1. The third-order valence-corrected chi connectivity index (χ3v) is 4.26. The summed E-state index contributed by atoms with van der Waals surface area (Å²) in [6.07, 6.45) is 0. The average Bonchev–Trinajstić information content (AvgIpc) is 2.24. The summed E-state index contributed by atoms with van der Waals surface area (Å²) in [4.78, 5) is -1.29. The normalized spacial score (nSPS) is 11.5. The number of rotatable bonds is 2. The second-order valence-corrected chi connectivity index (χ2v) is 6.44. The molecule has 1 N–H and O–H groups in total. The first-order valence-electron chi connectivity index (χ1n) is 4.78. The van der Waals surface area contributed by atoms with Crippen LogP contribution in [0.2, 0.25) is 0 Å². The van der Waals surface area contributed by atoms with Crippen molar-refractivity contribution in [3.05, 3.63) is 30.3 Å². The molecule has 0 aliphatic rings. The molecule has 0 aliphatic carbocycles. The fraction of sp³-hybridized carbons (Fsp3) is 0. The smallest absolute Gasteiger partial charge is 0.872 e. The van der Waals surface area contributed by atoms with E-state index in [4.69, 9.17) is 4.55 Å². The average molecular weight is 348 g/mol. The van der Waals surface area contributed by atoms with Gasteiger partial charge in [-0.2, -0.15) is 8.42 Å². The molecule has 0 radical (unpaired) electrons. The summed E-state index contributed by atoms with van der Waals surface area (Å²) in [5.41, 5.74) is 0. The van der Waals surface area contributed by atoms with E-state index in [9.17, 15) is 26.5 Å². The SMILES string of the molecule is O=S(=O)([O-])c1ccc(S(=O)(=O)O)c2cc([O-])ccc12.[Na+].[Na+]. The zero-order valence-corrected chi connectivity index (χ0v) is 16.7. The number of hydrogen-bond acceptors (Lipinski definition) is 6. The van der Waals surface area contributed by atoms with Gasteiger partial charge in [-0.25, -0.2) is 8.42 Å². The minimum Gasteiger partial charge on any atom is -0.872 e. The van der Waals surface area contributed by atoms with Gasteiger partial charge in [0.05, 0.1) is 4.90 Å².